The summed E-state index contributed by atoms with van der Waals surface area (Å²) in [5.41, 5.74) is 0.181. The molecule has 2 aromatic heterocycles. The van der Waals surface area contributed by atoms with Crippen molar-refractivity contribution in [2.75, 3.05) is 14.2 Å². The largest absolute Gasteiger partial charge is 0.479 e. The maximum Gasteiger partial charge on any atom is 0.479 e. The second-order valence-electron chi connectivity index (χ2n) is 8.33. The zero-order valence-corrected chi connectivity index (χ0v) is 18.4. The standard InChI is InChI=1S/C19H27F2N4O5P/c1-28-31(27,29-2)30-19(20,21)14-9-13(14)15(8-12-6-4-3-5-7-12)25-11-24-16-17(25)22-10-23-18(16)26/h10-15H,3-9H2,1-2H3,(H,22,23,26)/t13-,14-,15-/m1/s1. The first-order valence-corrected chi connectivity index (χ1v) is 11.9. The fourth-order valence-electron chi connectivity index (χ4n) is 4.76. The van der Waals surface area contributed by atoms with Crippen molar-refractivity contribution in [3.63, 3.8) is 0 Å². The Labute approximate surface area is 178 Å². The number of halogens is 2. The molecule has 2 aliphatic rings. The van der Waals surface area contributed by atoms with Gasteiger partial charge in [0.2, 0.25) is 0 Å². The van der Waals surface area contributed by atoms with Crippen molar-refractivity contribution < 1.29 is 26.9 Å². The van der Waals surface area contributed by atoms with Gasteiger partial charge >= 0.3 is 13.9 Å². The van der Waals surface area contributed by atoms with E-state index in [0.29, 0.717) is 18.0 Å². The zero-order valence-electron chi connectivity index (χ0n) is 17.5. The fourth-order valence-corrected chi connectivity index (χ4v) is 5.49. The minimum atomic E-state index is -4.34. The average molecular weight is 460 g/mol. The highest BCUT2D eigenvalue weighted by Crippen LogP contribution is 2.62. The van der Waals surface area contributed by atoms with Gasteiger partial charge in [-0.25, -0.2) is 19.1 Å². The lowest BCUT2D eigenvalue weighted by molar-refractivity contribution is -0.208. The molecule has 12 heteroatoms. The highest BCUT2D eigenvalue weighted by Gasteiger charge is 2.61. The number of phosphoric acid groups is 1. The van der Waals surface area contributed by atoms with Crippen LogP contribution in [0.15, 0.2) is 17.4 Å². The number of phosphoric ester groups is 1. The third kappa shape index (κ3) is 4.60. The molecule has 2 saturated carbocycles. The SMILES string of the molecule is COP(=O)(OC)OC(F)(F)[C@@H]1C[C@H]1[C@@H](CC1CCCCC1)n1cnc2c(=O)[nH]cnc21. The molecular formula is C19H27F2N4O5P. The van der Waals surface area contributed by atoms with Gasteiger partial charge in [-0.05, 0) is 24.7 Å². The molecule has 0 unspecified atom stereocenters. The summed E-state index contributed by atoms with van der Waals surface area (Å²) in [6.07, 6.45) is 5.50. The number of rotatable bonds is 9. The number of H-pyrrole nitrogens is 1. The van der Waals surface area contributed by atoms with E-state index in [0.717, 1.165) is 39.9 Å². The summed E-state index contributed by atoms with van der Waals surface area (Å²) < 4.78 is 57.1. The van der Waals surface area contributed by atoms with Crippen LogP contribution in [-0.2, 0) is 18.1 Å². The lowest BCUT2D eigenvalue weighted by Gasteiger charge is -2.29. The summed E-state index contributed by atoms with van der Waals surface area (Å²) >= 11 is 0. The Morgan fingerprint density at radius 2 is 1.97 bits per heavy atom. The molecule has 4 rings (SSSR count). The summed E-state index contributed by atoms with van der Waals surface area (Å²) in [6.45, 7) is 0. The lowest BCUT2D eigenvalue weighted by atomic mass is 9.83. The van der Waals surface area contributed by atoms with Gasteiger partial charge in [-0.15, -0.1) is 0 Å². The van der Waals surface area contributed by atoms with Crippen LogP contribution in [0.2, 0.25) is 0 Å². The minimum absolute atomic E-state index is 0.180. The monoisotopic (exact) mass is 460 g/mol. The number of hydrogen-bond donors (Lipinski definition) is 1. The molecule has 0 saturated heterocycles. The molecule has 0 bridgehead atoms. The van der Waals surface area contributed by atoms with Gasteiger partial charge in [0.05, 0.1) is 18.6 Å². The lowest BCUT2D eigenvalue weighted by Crippen LogP contribution is -2.27. The molecule has 2 heterocycles. The Morgan fingerprint density at radius 1 is 1.26 bits per heavy atom. The summed E-state index contributed by atoms with van der Waals surface area (Å²) in [5.74, 6) is -1.20. The van der Waals surface area contributed by atoms with Crippen LogP contribution in [0.4, 0.5) is 8.78 Å². The second-order valence-corrected chi connectivity index (χ2v) is 10.1. The van der Waals surface area contributed by atoms with E-state index in [2.05, 4.69) is 28.5 Å². The molecule has 0 radical (unpaired) electrons. The highest BCUT2D eigenvalue weighted by molar-refractivity contribution is 7.48. The van der Waals surface area contributed by atoms with Gasteiger partial charge < -0.3 is 9.55 Å². The molecule has 9 nitrogen and oxygen atoms in total. The molecule has 31 heavy (non-hydrogen) atoms. The number of nitrogens with zero attached hydrogens (tertiary/aromatic N) is 3. The van der Waals surface area contributed by atoms with Crippen molar-refractivity contribution in [2.45, 2.75) is 57.1 Å². The Balaban J connectivity index is 1.62. The first-order valence-electron chi connectivity index (χ1n) is 10.5. The quantitative estimate of drug-likeness (QED) is 0.557. The number of hydrogen-bond acceptors (Lipinski definition) is 7. The number of fused-ring (bicyclic) bond motifs is 1. The fraction of sp³-hybridized carbons (Fsp3) is 0.737. The van der Waals surface area contributed by atoms with Crippen LogP contribution in [0.1, 0.15) is 51.0 Å². The van der Waals surface area contributed by atoms with Crippen molar-refractivity contribution >= 4 is 19.0 Å². The highest BCUT2D eigenvalue weighted by atomic mass is 31.2. The van der Waals surface area contributed by atoms with E-state index in [4.69, 9.17) is 0 Å². The molecule has 1 N–H and O–H groups in total. The van der Waals surface area contributed by atoms with Crippen molar-refractivity contribution in [1.29, 1.82) is 0 Å². The summed E-state index contributed by atoms with van der Waals surface area (Å²) in [5, 5.41) is 0. The van der Waals surface area contributed by atoms with Gasteiger partial charge in [0, 0.05) is 20.3 Å². The van der Waals surface area contributed by atoms with Gasteiger partial charge in [0.1, 0.15) is 0 Å². The third-order valence-corrected chi connectivity index (χ3v) is 7.83. The topological polar surface area (TPSA) is 108 Å². The van der Waals surface area contributed by atoms with Crippen LogP contribution in [0.3, 0.4) is 0 Å². The van der Waals surface area contributed by atoms with Gasteiger partial charge in [0.25, 0.3) is 5.56 Å². The van der Waals surface area contributed by atoms with Crippen molar-refractivity contribution in [1.82, 2.24) is 19.5 Å². The average Bonchev–Trinajstić information content (AvgIpc) is 3.46. The number of nitrogens with one attached hydrogen (secondary N) is 1. The normalized spacial score (nSPS) is 23.9. The first-order chi connectivity index (χ1) is 14.8. The number of aromatic amines is 1. The maximum atomic E-state index is 14.8. The predicted molar refractivity (Wildman–Crippen MR) is 108 cm³/mol. The molecule has 0 spiro atoms. The Morgan fingerprint density at radius 3 is 2.65 bits per heavy atom. The number of alkyl halides is 2. The molecule has 172 valence electrons. The van der Waals surface area contributed by atoms with E-state index in [-0.39, 0.29) is 23.5 Å². The maximum absolute atomic E-state index is 14.8. The molecule has 0 aromatic carbocycles. The molecule has 2 fully saturated rings. The van der Waals surface area contributed by atoms with E-state index < -0.39 is 25.8 Å². The van der Waals surface area contributed by atoms with Crippen LogP contribution < -0.4 is 5.56 Å². The summed E-state index contributed by atoms with van der Waals surface area (Å²) in [6, 6.07) is -0.327. The molecule has 0 amide bonds. The van der Waals surface area contributed by atoms with E-state index in [1.807, 2.05) is 0 Å². The van der Waals surface area contributed by atoms with E-state index in [9.17, 15) is 18.1 Å². The van der Waals surface area contributed by atoms with Gasteiger partial charge in [0.15, 0.2) is 11.2 Å². The molecule has 2 aliphatic carbocycles. The predicted octanol–water partition coefficient (Wildman–Crippen LogP) is 4.28. The van der Waals surface area contributed by atoms with Crippen molar-refractivity contribution in [3.05, 3.63) is 23.0 Å². The Hall–Kier alpha value is -1.68. The van der Waals surface area contributed by atoms with E-state index in [1.165, 1.54) is 19.1 Å². The summed E-state index contributed by atoms with van der Waals surface area (Å²) in [7, 11) is -2.35. The van der Waals surface area contributed by atoms with Gasteiger partial charge in [-0.3, -0.25) is 13.8 Å². The Bertz CT molecular complexity index is 1010. The van der Waals surface area contributed by atoms with Gasteiger partial charge in [-0.2, -0.15) is 8.78 Å². The van der Waals surface area contributed by atoms with Crippen LogP contribution >= 0.6 is 7.82 Å². The van der Waals surface area contributed by atoms with E-state index >= 15 is 0 Å². The first kappa shape index (κ1) is 22.5. The minimum Gasteiger partial charge on any atom is -0.312 e. The molecule has 0 aliphatic heterocycles. The molecule has 2 aromatic rings. The Kier molecular flexibility index (Phi) is 6.31. The van der Waals surface area contributed by atoms with Crippen LogP contribution in [0, 0.1) is 17.8 Å². The van der Waals surface area contributed by atoms with Crippen LogP contribution in [0.25, 0.3) is 11.2 Å². The summed E-state index contributed by atoms with van der Waals surface area (Å²) in [4.78, 5) is 23.0. The molecular weight excluding hydrogens is 433 g/mol. The van der Waals surface area contributed by atoms with Crippen LogP contribution in [0.5, 0.6) is 0 Å². The zero-order chi connectivity index (χ0) is 22.2. The van der Waals surface area contributed by atoms with E-state index in [1.54, 1.807) is 4.57 Å². The van der Waals surface area contributed by atoms with Gasteiger partial charge in [-0.1, -0.05) is 32.1 Å². The van der Waals surface area contributed by atoms with Crippen LogP contribution in [-0.4, -0.2) is 39.8 Å². The second kappa shape index (κ2) is 8.69. The van der Waals surface area contributed by atoms with Crippen molar-refractivity contribution in [2.24, 2.45) is 17.8 Å². The molecule has 3 atom stereocenters. The third-order valence-electron chi connectivity index (χ3n) is 6.47. The van der Waals surface area contributed by atoms with Crippen molar-refractivity contribution in [3.8, 4) is 0 Å². The number of imidazole rings is 1. The number of aromatic nitrogens is 4. The smallest absolute Gasteiger partial charge is 0.312 e.